The number of rotatable bonds is 4. The molecule has 1 fully saturated rings. The van der Waals surface area contributed by atoms with Gasteiger partial charge >= 0.3 is 0 Å². The predicted octanol–water partition coefficient (Wildman–Crippen LogP) is 2.69. The van der Waals surface area contributed by atoms with Gasteiger partial charge in [-0.25, -0.2) is 12.7 Å². The molecule has 0 amide bonds. The molecule has 1 saturated heterocycles. The molecule has 112 valence electrons. The zero-order chi connectivity index (χ0) is 14.8. The maximum Gasteiger partial charge on any atom is 0.211 e. The fraction of sp³-hybridized carbons (Fsp3) is 0.538. The van der Waals surface area contributed by atoms with E-state index >= 15 is 0 Å². The topological polar surface area (TPSA) is 63.4 Å². The summed E-state index contributed by atoms with van der Waals surface area (Å²) in [7, 11) is -3.07. The third-order valence-corrected chi connectivity index (χ3v) is 6.23. The lowest BCUT2D eigenvalue weighted by Crippen LogP contribution is -2.39. The minimum atomic E-state index is -3.07. The second kappa shape index (κ2) is 6.56. The van der Waals surface area contributed by atoms with Gasteiger partial charge in [-0.05, 0) is 37.0 Å². The van der Waals surface area contributed by atoms with Crippen molar-refractivity contribution in [1.82, 2.24) is 4.31 Å². The molecule has 1 aliphatic heterocycles. The van der Waals surface area contributed by atoms with Gasteiger partial charge in [-0.2, -0.15) is 0 Å². The fourth-order valence-electron chi connectivity index (χ4n) is 2.28. The van der Waals surface area contributed by atoms with E-state index in [1.165, 1.54) is 6.26 Å². The average molecular weight is 335 g/mol. The van der Waals surface area contributed by atoms with E-state index in [2.05, 4.69) is 0 Å². The fourth-order valence-corrected chi connectivity index (χ4v) is 4.53. The summed E-state index contributed by atoms with van der Waals surface area (Å²) in [4.78, 5) is 1.07. The highest BCUT2D eigenvalue weighted by atomic mass is 35.5. The highest BCUT2D eigenvalue weighted by molar-refractivity contribution is 7.99. The average Bonchev–Trinajstić information content (AvgIpc) is 2.39. The maximum absolute atomic E-state index is 11.6. The molecule has 2 rings (SSSR count). The first-order valence-electron chi connectivity index (χ1n) is 6.49. The Labute approximate surface area is 129 Å². The van der Waals surface area contributed by atoms with Crippen molar-refractivity contribution in [3.63, 3.8) is 0 Å². The molecule has 1 unspecified atom stereocenters. The smallest absolute Gasteiger partial charge is 0.211 e. The molecule has 0 aromatic heterocycles. The van der Waals surface area contributed by atoms with E-state index < -0.39 is 10.0 Å². The molecule has 7 heteroatoms. The number of hydrogen-bond donors (Lipinski definition) is 1. The van der Waals surface area contributed by atoms with Crippen LogP contribution in [0.15, 0.2) is 23.1 Å². The largest absolute Gasteiger partial charge is 0.398 e. The van der Waals surface area contributed by atoms with Crippen LogP contribution in [0.25, 0.3) is 0 Å². The van der Waals surface area contributed by atoms with Crippen molar-refractivity contribution in [3.8, 4) is 0 Å². The van der Waals surface area contributed by atoms with E-state index in [9.17, 15) is 8.42 Å². The van der Waals surface area contributed by atoms with Crippen LogP contribution in [-0.2, 0) is 10.0 Å². The number of anilines is 1. The quantitative estimate of drug-likeness (QED) is 0.679. The van der Waals surface area contributed by atoms with E-state index in [0.29, 0.717) is 29.7 Å². The van der Waals surface area contributed by atoms with Crippen molar-refractivity contribution in [2.45, 2.75) is 17.7 Å². The Morgan fingerprint density at radius 3 is 2.90 bits per heavy atom. The third-order valence-electron chi connectivity index (χ3n) is 3.41. The lowest BCUT2D eigenvalue weighted by Gasteiger charge is -2.30. The second-order valence-electron chi connectivity index (χ2n) is 5.12. The molecule has 0 saturated carbocycles. The summed E-state index contributed by atoms with van der Waals surface area (Å²) in [6.07, 6.45) is 3.28. The van der Waals surface area contributed by atoms with Crippen LogP contribution in [0.5, 0.6) is 0 Å². The summed E-state index contributed by atoms with van der Waals surface area (Å²) >= 11 is 7.69. The zero-order valence-corrected chi connectivity index (χ0v) is 13.8. The van der Waals surface area contributed by atoms with Crippen LogP contribution in [-0.4, -0.2) is 37.8 Å². The number of sulfonamides is 1. The van der Waals surface area contributed by atoms with Crippen LogP contribution in [0.1, 0.15) is 12.8 Å². The Bertz CT molecular complexity index is 578. The van der Waals surface area contributed by atoms with Crippen molar-refractivity contribution in [3.05, 3.63) is 23.2 Å². The summed E-state index contributed by atoms with van der Waals surface area (Å²) in [5.41, 5.74) is 6.26. The molecular weight excluding hydrogens is 316 g/mol. The van der Waals surface area contributed by atoms with Crippen LogP contribution >= 0.6 is 23.4 Å². The molecule has 1 heterocycles. The van der Waals surface area contributed by atoms with Gasteiger partial charge in [0.05, 0.1) is 17.0 Å². The number of nitrogens with two attached hydrogens (primary N) is 1. The lowest BCUT2D eigenvalue weighted by molar-refractivity contribution is 0.286. The van der Waals surface area contributed by atoms with E-state index in [1.807, 2.05) is 12.1 Å². The first kappa shape index (κ1) is 15.9. The summed E-state index contributed by atoms with van der Waals surface area (Å²) in [6, 6.07) is 5.61. The highest BCUT2D eigenvalue weighted by Crippen LogP contribution is 2.30. The molecule has 2 N–H and O–H groups in total. The van der Waals surface area contributed by atoms with Crippen LogP contribution in [0.4, 0.5) is 5.69 Å². The molecule has 20 heavy (non-hydrogen) atoms. The summed E-state index contributed by atoms with van der Waals surface area (Å²) in [5, 5.41) is 0.566. The van der Waals surface area contributed by atoms with Gasteiger partial charge in [0.15, 0.2) is 0 Å². The van der Waals surface area contributed by atoms with Gasteiger partial charge in [0.1, 0.15) is 0 Å². The lowest BCUT2D eigenvalue weighted by atomic mass is 10.0. The van der Waals surface area contributed by atoms with Crippen molar-refractivity contribution < 1.29 is 8.42 Å². The number of nitrogen functional groups attached to an aromatic ring is 1. The van der Waals surface area contributed by atoms with Crippen LogP contribution < -0.4 is 5.73 Å². The van der Waals surface area contributed by atoms with E-state index in [1.54, 1.807) is 22.1 Å². The first-order valence-corrected chi connectivity index (χ1v) is 9.70. The van der Waals surface area contributed by atoms with E-state index in [4.69, 9.17) is 17.3 Å². The van der Waals surface area contributed by atoms with Crippen LogP contribution in [0.2, 0.25) is 5.02 Å². The number of nitrogens with zero attached hydrogens (tertiary/aromatic N) is 1. The zero-order valence-electron chi connectivity index (χ0n) is 11.4. The maximum atomic E-state index is 11.6. The standard InChI is InChI=1S/C13H19ClN2O2S2/c1-20(17,18)16-6-2-3-10(8-16)9-19-11-4-5-13(15)12(14)7-11/h4-5,7,10H,2-3,6,8-9,15H2,1H3. The highest BCUT2D eigenvalue weighted by Gasteiger charge is 2.25. The minimum Gasteiger partial charge on any atom is -0.398 e. The normalized spacial score (nSPS) is 21.0. The van der Waals surface area contributed by atoms with Crippen LogP contribution in [0.3, 0.4) is 0 Å². The summed E-state index contributed by atoms with van der Waals surface area (Å²) < 4.78 is 24.7. The number of benzene rings is 1. The van der Waals surface area contributed by atoms with Crippen LogP contribution in [0, 0.1) is 5.92 Å². The molecular formula is C13H19ClN2O2S2. The van der Waals surface area contributed by atoms with Crippen molar-refractivity contribution in [1.29, 1.82) is 0 Å². The number of piperidine rings is 1. The third kappa shape index (κ3) is 4.28. The van der Waals surface area contributed by atoms with Crippen molar-refractivity contribution in [2.24, 2.45) is 5.92 Å². The van der Waals surface area contributed by atoms with Gasteiger partial charge < -0.3 is 5.73 Å². The van der Waals surface area contributed by atoms with Gasteiger partial charge in [0, 0.05) is 23.7 Å². The second-order valence-corrected chi connectivity index (χ2v) is 8.61. The summed E-state index contributed by atoms with van der Waals surface area (Å²) in [5.74, 6) is 1.28. The van der Waals surface area contributed by atoms with Gasteiger partial charge in [0.25, 0.3) is 0 Å². The summed E-state index contributed by atoms with van der Waals surface area (Å²) in [6.45, 7) is 1.27. The predicted molar refractivity (Wildman–Crippen MR) is 85.7 cm³/mol. The first-order chi connectivity index (χ1) is 9.36. The molecule has 0 aliphatic carbocycles. The Hall–Kier alpha value is -0.430. The number of halogens is 1. The molecule has 0 radical (unpaired) electrons. The SMILES string of the molecule is CS(=O)(=O)N1CCCC(CSc2ccc(N)c(Cl)c2)C1. The van der Waals surface area contributed by atoms with E-state index in [0.717, 1.165) is 23.5 Å². The minimum absolute atomic E-state index is 0.389. The Morgan fingerprint density at radius 2 is 2.25 bits per heavy atom. The van der Waals surface area contributed by atoms with Gasteiger partial charge in [-0.15, -0.1) is 11.8 Å². The molecule has 0 bridgehead atoms. The molecule has 1 aromatic rings. The number of hydrogen-bond acceptors (Lipinski definition) is 4. The van der Waals surface area contributed by atoms with Crippen molar-refractivity contribution >= 4 is 39.1 Å². The van der Waals surface area contributed by atoms with Gasteiger partial charge in [-0.3, -0.25) is 0 Å². The molecule has 0 spiro atoms. The van der Waals surface area contributed by atoms with E-state index in [-0.39, 0.29) is 0 Å². The van der Waals surface area contributed by atoms with Gasteiger partial charge in [-0.1, -0.05) is 11.6 Å². The molecule has 1 atom stereocenters. The monoisotopic (exact) mass is 334 g/mol. The number of thioether (sulfide) groups is 1. The molecule has 1 aliphatic rings. The van der Waals surface area contributed by atoms with Gasteiger partial charge in [0.2, 0.25) is 10.0 Å². The van der Waals surface area contributed by atoms with Crippen molar-refractivity contribution in [2.75, 3.05) is 30.8 Å². The Balaban J connectivity index is 1.92. The molecule has 4 nitrogen and oxygen atoms in total. The molecule has 1 aromatic carbocycles. The Morgan fingerprint density at radius 1 is 1.50 bits per heavy atom. The Kier molecular flexibility index (Phi) is 5.23.